The van der Waals surface area contributed by atoms with Crippen molar-refractivity contribution in [3.8, 4) is 0 Å². The molecule has 0 spiro atoms. The zero-order valence-corrected chi connectivity index (χ0v) is 17.1. The molecule has 1 atom stereocenters. The van der Waals surface area contributed by atoms with E-state index in [1.54, 1.807) is 35.5 Å². The van der Waals surface area contributed by atoms with Crippen molar-refractivity contribution in [2.45, 2.75) is 32.2 Å². The summed E-state index contributed by atoms with van der Waals surface area (Å²) in [6.07, 6.45) is 9.72. The number of nitrogens with one attached hydrogen (secondary N) is 2. The van der Waals surface area contributed by atoms with Gasteiger partial charge >= 0.3 is 0 Å². The number of anilines is 3. The second-order valence-corrected chi connectivity index (χ2v) is 7.37. The Labute approximate surface area is 174 Å². The fraction of sp³-hybridized carbons (Fsp3) is 0.400. The lowest BCUT2D eigenvalue weighted by Gasteiger charge is -2.34. The van der Waals surface area contributed by atoms with Crippen LogP contribution in [-0.4, -0.2) is 53.6 Å². The molecule has 1 unspecified atom stereocenters. The van der Waals surface area contributed by atoms with Crippen LogP contribution < -0.4 is 10.6 Å². The van der Waals surface area contributed by atoms with Crippen LogP contribution in [0.3, 0.4) is 0 Å². The highest BCUT2D eigenvalue weighted by molar-refractivity contribution is 5.91. The van der Waals surface area contributed by atoms with E-state index in [1.807, 2.05) is 20.0 Å². The van der Waals surface area contributed by atoms with E-state index in [2.05, 4.69) is 35.6 Å². The van der Waals surface area contributed by atoms with E-state index in [9.17, 15) is 4.79 Å². The number of aryl methyl sites for hydroxylation is 2. The Hall–Kier alpha value is -3.40. The third kappa shape index (κ3) is 4.95. The molecule has 0 saturated carbocycles. The number of nitrogens with zero attached hydrogens (tertiary/aromatic N) is 7. The van der Waals surface area contributed by atoms with Crippen molar-refractivity contribution < 1.29 is 4.79 Å². The van der Waals surface area contributed by atoms with Crippen molar-refractivity contribution in [2.24, 2.45) is 7.05 Å². The van der Waals surface area contributed by atoms with Gasteiger partial charge in [-0.05, 0) is 26.3 Å². The Morgan fingerprint density at radius 2 is 2.10 bits per heavy atom. The zero-order chi connectivity index (χ0) is 20.9. The highest BCUT2D eigenvalue weighted by atomic mass is 16.2. The van der Waals surface area contributed by atoms with Crippen molar-refractivity contribution >= 4 is 23.4 Å². The molecule has 3 aromatic rings. The number of piperidine rings is 1. The Morgan fingerprint density at radius 1 is 1.20 bits per heavy atom. The monoisotopic (exact) mass is 407 g/mol. The first-order chi connectivity index (χ1) is 14.6. The molecule has 30 heavy (non-hydrogen) atoms. The van der Waals surface area contributed by atoms with E-state index in [0.717, 1.165) is 31.5 Å². The van der Waals surface area contributed by atoms with E-state index < -0.39 is 0 Å². The molecular formula is C20H25N9O. The van der Waals surface area contributed by atoms with Crippen LogP contribution in [0, 0.1) is 6.92 Å². The molecule has 0 radical (unpaired) electrons. The van der Waals surface area contributed by atoms with Gasteiger partial charge in [0, 0.05) is 43.5 Å². The molecule has 3 aromatic heterocycles. The van der Waals surface area contributed by atoms with Crippen LogP contribution in [0.4, 0.5) is 17.5 Å². The maximum Gasteiger partial charge on any atom is 0.239 e. The fourth-order valence-electron chi connectivity index (χ4n) is 3.62. The summed E-state index contributed by atoms with van der Waals surface area (Å²) in [4.78, 5) is 32.4. The maximum atomic E-state index is 12.6. The standard InChI is InChI=1S/C20H25N9O/c1-14-11-17(24-18-12-21-7-8-22-18)26-20(23-14)15-5-3-4-9-29(15)13-19(30)25-16-6-10-28(2)27-16/h6-8,10-12,15H,3-5,9,13H2,1-2H3,(H,25,27,30)(H,22,23,24,26). The second kappa shape index (κ2) is 8.95. The van der Waals surface area contributed by atoms with Crippen LogP contribution in [0.2, 0.25) is 0 Å². The van der Waals surface area contributed by atoms with Gasteiger partial charge in [-0.3, -0.25) is 19.4 Å². The van der Waals surface area contributed by atoms with Crippen molar-refractivity contribution in [3.63, 3.8) is 0 Å². The average Bonchev–Trinajstić information content (AvgIpc) is 3.13. The quantitative estimate of drug-likeness (QED) is 0.639. The summed E-state index contributed by atoms with van der Waals surface area (Å²) in [5.74, 6) is 2.47. The van der Waals surface area contributed by atoms with Gasteiger partial charge in [-0.25, -0.2) is 15.0 Å². The zero-order valence-electron chi connectivity index (χ0n) is 17.1. The fourth-order valence-corrected chi connectivity index (χ4v) is 3.62. The van der Waals surface area contributed by atoms with Gasteiger partial charge in [-0.15, -0.1) is 0 Å². The molecule has 4 heterocycles. The molecule has 2 N–H and O–H groups in total. The first-order valence-corrected chi connectivity index (χ1v) is 9.99. The molecule has 10 heteroatoms. The van der Waals surface area contributed by atoms with Crippen molar-refractivity contribution in [1.29, 1.82) is 0 Å². The van der Waals surface area contributed by atoms with Gasteiger partial charge in [-0.2, -0.15) is 5.10 Å². The van der Waals surface area contributed by atoms with E-state index in [0.29, 0.717) is 23.3 Å². The van der Waals surface area contributed by atoms with Gasteiger partial charge in [0.1, 0.15) is 17.5 Å². The summed E-state index contributed by atoms with van der Waals surface area (Å²) in [7, 11) is 1.82. The Bertz CT molecular complexity index is 1000. The summed E-state index contributed by atoms with van der Waals surface area (Å²) in [5, 5.41) is 10.2. The molecule has 156 valence electrons. The minimum atomic E-state index is -0.0915. The van der Waals surface area contributed by atoms with E-state index in [4.69, 9.17) is 4.98 Å². The van der Waals surface area contributed by atoms with Crippen LogP contribution in [0.25, 0.3) is 0 Å². The van der Waals surface area contributed by atoms with Gasteiger partial charge in [0.25, 0.3) is 0 Å². The first-order valence-electron chi connectivity index (χ1n) is 9.99. The molecule has 1 saturated heterocycles. The number of rotatable bonds is 6. The number of hydrogen-bond donors (Lipinski definition) is 2. The predicted molar refractivity (Wildman–Crippen MR) is 112 cm³/mol. The number of carbonyl (C=O) groups excluding carboxylic acids is 1. The van der Waals surface area contributed by atoms with E-state index >= 15 is 0 Å². The highest BCUT2D eigenvalue weighted by Gasteiger charge is 2.28. The third-order valence-corrected chi connectivity index (χ3v) is 4.93. The highest BCUT2D eigenvalue weighted by Crippen LogP contribution is 2.29. The normalized spacial score (nSPS) is 16.9. The Kier molecular flexibility index (Phi) is 5.94. The van der Waals surface area contributed by atoms with E-state index in [-0.39, 0.29) is 18.5 Å². The summed E-state index contributed by atoms with van der Waals surface area (Å²) in [5.41, 5.74) is 0.856. The number of aromatic nitrogens is 6. The molecule has 1 fully saturated rings. The molecule has 10 nitrogen and oxygen atoms in total. The lowest BCUT2D eigenvalue weighted by molar-refractivity contribution is -0.118. The molecule has 4 rings (SSSR count). The molecular weight excluding hydrogens is 382 g/mol. The molecule has 0 aromatic carbocycles. The van der Waals surface area contributed by atoms with Gasteiger partial charge in [0.2, 0.25) is 5.91 Å². The third-order valence-electron chi connectivity index (χ3n) is 4.93. The molecule has 0 aliphatic carbocycles. The van der Waals surface area contributed by atoms with Crippen molar-refractivity contribution in [1.82, 2.24) is 34.6 Å². The summed E-state index contributed by atoms with van der Waals surface area (Å²) in [6.45, 7) is 3.03. The van der Waals surface area contributed by atoms with Gasteiger partial charge < -0.3 is 10.6 Å². The first kappa shape index (κ1) is 19.9. The van der Waals surface area contributed by atoms with Crippen molar-refractivity contribution in [2.75, 3.05) is 23.7 Å². The SMILES string of the molecule is Cc1cc(Nc2cnccn2)nc(C2CCCCN2CC(=O)Nc2ccn(C)n2)n1. The molecule has 0 bridgehead atoms. The lowest BCUT2D eigenvalue weighted by atomic mass is 10.0. The Balaban J connectivity index is 1.49. The minimum Gasteiger partial charge on any atom is -0.324 e. The smallest absolute Gasteiger partial charge is 0.239 e. The number of carbonyl (C=O) groups is 1. The molecule has 1 aliphatic heterocycles. The predicted octanol–water partition coefficient (Wildman–Crippen LogP) is 2.22. The van der Waals surface area contributed by atoms with Gasteiger partial charge in [0.15, 0.2) is 5.82 Å². The van der Waals surface area contributed by atoms with Crippen LogP contribution in [0.5, 0.6) is 0 Å². The summed E-state index contributed by atoms with van der Waals surface area (Å²) in [6, 6.07) is 3.63. The number of amides is 1. The number of likely N-dealkylation sites (tertiary alicyclic amines) is 1. The summed E-state index contributed by atoms with van der Waals surface area (Å²) >= 11 is 0. The second-order valence-electron chi connectivity index (χ2n) is 7.37. The van der Waals surface area contributed by atoms with Crippen LogP contribution in [0.15, 0.2) is 36.9 Å². The van der Waals surface area contributed by atoms with E-state index in [1.165, 1.54) is 0 Å². The van der Waals surface area contributed by atoms with Crippen molar-refractivity contribution in [3.05, 3.63) is 48.4 Å². The van der Waals surface area contributed by atoms with Crippen LogP contribution in [0.1, 0.15) is 36.8 Å². The number of hydrogen-bond acceptors (Lipinski definition) is 8. The average molecular weight is 407 g/mol. The van der Waals surface area contributed by atoms with Crippen LogP contribution in [-0.2, 0) is 11.8 Å². The molecule has 1 aliphatic rings. The lowest BCUT2D eigenvalue weighted by Crippen LogP contribution is -2.40. The van der Waals surface area contributed by atoms with Gasteiger partial charge in [0.05, 0.1) is 18.8 Å². The van der Waals surface area contributed by atoms with Crippen LogP contribution >= 0.6 is 0 Å². The largest absolute Gasteiger partial charge is 0.324 e. The topological polar surface area (TPSA) is 114 Å². The maximum absolute atomic E-state index is 12.6. The summed E-state index contributed by atoms with van der Waals surface area (Å²) < 4.78 is 1.66. The van der Waals surface area contributed by atoms with Gasteiger partial charge in [-0.1, -0.05) is 6.42 Å². The minimum absolute atomic E-state index is 0.0180. The molecule has 1 amide bonds. The Morgan fingerprint density at radius 3 is 2.87 bits per heavy atom.